The Kier molecular flexibility index (Phi) is 5.93. The number of amides is 1. The zero-order chi connectivity index (χ0) is 18.5. The van der Waals surface area contributed by atoms with Crippen LogP contribution >= 0.6 is 11.3 Å². The first-order valence-corrected chi connectivity index (χ1v) is 8.83. The maximum Gasteiger partial charge on any atom is 0.320 e. The van der Waals surface area contributed by atoms with Crippen LogP contribution in [0.15, 0.2) is 18.5 Å². The lowest BCUT2D eigenvalue weighted by molar-refractivity contribution is -0.0346. The number of nitrogen functional groups attached to an aromatic ring is 1. The number of methoxy groups -OCH3 is 1. The molecule has 3 rings (SSSR count). The summed E-state index contributed by atoms with van der Waals surface area (Å²) >= 11 is 1.13. The van der Waals surface area contributed by atoms with E-state index in [0.717, 1.165) is 30.7 Å². The van der Waals surface area contributed by atoms with Crippen molar-refractivity contribution in [2.45, 2.75) is 18.9 Å². The molecule has 3 heterocycles. The van der Waals surface area contributed by atoms with Crippen LogP contribution in [0.3, 0.4) is 0 Å². The Hall–Kier alpha value is -2.34. The van der Waals surface area contributed by atoms with Gasteiger partial charge < -0.3 is 20.1 Å². The topological polar surface area (TPSA) is 127 Å². The van der Waals surface area contributed by atoms with Gasteiger partial charge in [0.25, 0.3) is 0 Å². The molecule has 0 bridgehead atoms. The summed E-state index contributed by atoms with van der Waals surface area (Å²) in [6.07, 6.45) is 4.79. The smallest absolute Gasteiger partial charge is 0.320 e. The average molecular weight is 380 g/mol. The van der Waals surface area contributed by atoms with Crippen LogP contribution in [0.4, 0.5) is 16.0 Å². The maximum absolute atomic E-state index is 12.3. The largest absolute Gasteiger partial charge is 0.381 e. The van der Waals surface area contributed by atoms with Crippen molar-refractivity contribution < 1.29 is 19.5 Å². The highest BCUT2D eigenvalue weighted by molar-refractivity contribution is 7.20. The summed E-state index contributed by atoms with van der Waals surface area (Å²) in [6, 6.07) is 1.72. The molecule has 0 radical (unpaired) electrons. The summed E-state index contributed by atoms with van der Waals surface area (Å²) in [4.78, 5) is 26.3. The molecule has 11 heteroatoms. The molecule has 2 aromatic rings. The second kappa shape index (κ2) is 8.36. The molecule has 10 nitrogen and oxygen atoms in total. The number of carbonyl (C=O) groups excluding carboxylic acids is 1. The van der Waals surface area contributed by atoms with Gasteiger partial charge in [-0.15, -0.1) is 0 Å². The first-order valence-electron chi connectivity index (χ1n) is 8.01. The molecule has 1 saturated heterocycles. The van der Waals surface area contributed by atoms with Gasteiger partial charge in [0.1, 0.15) is 6.79 Å². The van der Waals surface area contributed by atoms with Crippen molar-refractivity contribution in [2.24, 2.45) is 0 Å². The molecule has 1 fully saturated rings. The summed E-state index contributed by atoms with van der Waals surface area (Å²) in [5, 5.41) is 11.5. The molecule has 1 amide bonds. The highest BCUT2D eigenvalue weighted by atomic mass is 32.1. The Morgan fingerprint density at radius 1 is 1.50 bits per heavy atom. The van der Waals surface area contributed by atoms with Crippen LogP contribution in [0.2, 0.25) is 0 Å². The first-order chi connectivity index (χ1) is 12.6. The molecular formula is C15H20N6O4S. The Labute approximate surface area is 154 Å². The Balaban J connectivity index is 1.75. The fourth-order valence-corrected chi connectivity index (χ4v) is 3.71. The molecular weight excluding hydrogens is 360 g/mol. The SMILES string of the molecule is COCOCC1CCCN1c1nc(N)c(N(O)C(=O)c2ncccn2)s1. The molecule has 3 N–H and O–H groups in total. The van der Waals surface area contributed by atoms with E-state index in [1.165, 1.54) is 12.4 Å². The molecule has 1 aliphatic heterocycles. The van der Waals surface area contributed by atoms with E-state index < -0.39 is 5.91 Å². The van der Waals surface area contributed by atoms with Crippen LogP contribution in [-0.2, 0) is 9.47 Å². The number of aromatic nitrogens is 3. The van der Waals surface area contributed by atoms with Crippen molar-refractivity contribution in [1.29, 1.82) is 0 Å². The quantitative estimate of drug-likeness (QED) is 0.314. The van der Waals surface area contributed by atoms with Gasteiger partial charge >= 0.3 is 5.91 Å². The standard InChI is InChI=1S/C15H20N6O4S/c1-24-9-25-8-10-4-2-7-20(10)15-19-11(16)14(26-15)21(23)13(22)12-17-5-3-6-18-12/h3,5-6,10,23H,2,4,7-9,16H2,1H3. The van der Waals surface area contributed by atoms with Gasteiger partial charge in [-0.2, -0.15) is 5.06 Å². The third-order valence-corrected chi connectivity index (χ3v) is 4.98. The second-order valence-electron chi connectivity index (χ2n) is 5.64. The van der Waals surface area contributed by atoms with Crippen molar-refractivity contribution in [3.8, 4) is 0 Å². The summed E-state index contributed by atoms with van der Waals surface area (Å²) < 4.78 is 10.4. The zero-order valence-corrected chi connectivity index (χ0v) is 15.1. The van der Waals surface area contributed by atoms with E-state index in [1.807, 2.05) is 0 Å². The number of thiazole rings is 1. The van der Waals surface area contributed by atoms with Crippen molar-refractivity contribution >= 4 is 33.2 Å². The van der Waals surface area contributed by atoms with Crippen LogP contribution < -0.4 is 15.7 Å². The second-order valence-corrected chi connectivity index (χ2v) is 6.60. The van der Waals surface area contributed by atoms with Crippen LogP contribution in [0.1, 0.15) is 23.5 Å². The normalized spacial score (nSPS) is 16.8. The molecule has 0 spiro atoms. The van der Waals surface area contributed by atoms with E-state index in [0.29, 0.717) is 16.8 Å². The fourth-order valence-electron chi connectivity index (χ4n) is 2.71. The number of hydroxylamine groups is 1. The number of nitrogens with zero attached hydrogens (tertiary/aromatic N) is 5. The van der Waals surface area contributed by atoms with E-state index in [-0.39, 0.29) is 29.5 Å². The van der Waals surface area contributed by atoms with Crippen molar-refractivity contribution in [3.63, 3.8) is 0 Å². The summed E-state index contributed by atoms with van der Waals surface area (Å²) in [7, 11) is 1.57. The van der Waals surface area contributed by atoms with E-state index in [9.17, 15) is 10.0 Å². The van der Waals surface area contributed by atoms with Gasteiger partial charge in [-0.3, -0.25) is 10.0 Å². The third-order valence-electron chi connectivity index (χ3n) is 3.90. The maximum atomic E-state index is 12.3. The van der Waals surface area contributed by atoms with Crippen LogP contribution in [0.5, 0.6) is 0 Å². The number of nitrogens with two attached hydrogens (primary N) is 1. The number of carbonyl (C=O) groups is 1. The minimum absolute atomic E-state index is 0.0697. The summed E-state index contributed by atoms with van der Waals surface area (Å²) in [6.45, 7) is 1.53. The van der Waals surface area contributed by atoms with E-state index in [2.05, 4.69) is 19.9 Å². The van der Waals surface area contributed by atoms with Gasteiger partial charge in [0.15, 0.2) is 16.0 Å². The molecule has 0 saturated carbocycles. The molecule has 0 aromatic carbocycles. The Bertz CT molecular complexity index is 743. The van der Waals surface area contributed by atoms with Crippen molar-refractivity contribution in [2.75, 3.05) is 42.8 Å². The van der Waals surface area contributed by atoms with Gasteiger partial charge in [-0.25, -0.2) is 15.0 Å². The van der Waals surface area contributed by atoms with Crippen LogP contribution in [0.25, 0.3) is 0 Å². The minimum Gasteiger partial charge on any atom is -0.381 e. The Morgan fingerprint density at radius 3 is 3.00 bits per heavy atom. The third kappa shape index (κ3) is 3.90. The number of hydrogen-bond donors (Lipinski definition) is 2. The van der Waals surface area contributed by atoms with Gasteiger partial charge in [0.05, 0.1) is 12.6 Å². The first kappa shape index (κ1) is 18.5. The van der Waals surface area contributed by atoms with Gasteiger partial charge in [-0.1, -0.05) is 11.3 Å². The molecule has 140 valence electrons. The highest BCUT2D eigenvalue weighted by Gasteiger charge is 2.30. The van der Waals surface area contributed by atoms with E-state index in [4.69, 9.17) is 15.2 Å². The molecule has 26 heavy (non-hydrogen) atoms. The molecule has 1 atom stereocenters. The summed E-state index contributed by atoms with van der Waals surface area (Å²) in [5.41, 5.74) is 5.92. The van der Waals surface area contributed by atoms with Gasteiger partial charge in [-0.05, 0) is 18.9 Å². The lowest BCUT2D eigenvalue weighted by Crippen LogP contribution is -2.33. The van der Waals surface area contributed by atoms with E-state index in [1.54, 1.807) is 13.2 Å². The lowest BCUT2D eigenvalue weighted by Gasteiger charge is -2.23. The molecule has 1 aliphatic rings. The number of anilines is 3. The number of ether oxygens (including phenoxy) is 2. The predicted octanol–water partition coefficient (Wildman–Crippen LogP) is 1.14. The number of hydrogen-bond acceptors (Lipinski definition) is 10. The fraction of sp³-hybridized carbons (Fsp3) is 0.467. The number of rotatable bonds is 7. The monoisotopic (exact) mass is 380 g/mol. The average Bonchev–Trinajstić information content (AvgIpc) is 3.28. The molecule has 1 unspecified atom stereocenters. The molecule has 2 aromatic heterocycles. The molecule has 0 aliphatic carbocycles. The van der Waals surface area contributed by atoms with Crippen molar-refractivity contribution in [3.05, 3.63) is 24.3 Å². The lowest BCUT2D eigenvalue weighted by atomic mass is 10.2. The van der Waals surface area contributed by atoms with Gasteiger partial charge in [0.2, 0.25) is 5.82 Å². The minimum atomic E-state index is -0.770. The van der Waals surface area contributed by atoms with Crippen LogP contribution in [0, 0.1) is 0 Å². The van der Waals surface area contributed by atoms with E-state index >= 15 is 0 Å². The Morgan fingerprint density at radius 2 is 2.27 bits per heavy atom. The highest BCUT2D eigenvalue weighted by Crippen LogP contribution is 2.38. The van der Waals surface area contributed by atoms with Gasteiger partial charge in [0, 0.05) is 26.0 Å². The zero-order valence-electron chi connectivity index (χ0n) is 14.2. The van der Waals surface area contributed by atoms with Crippen LogP contribution in [-0.4, -0.2) is 59.2 Å². The van der Waals surface area contributed by atoms with Crippen molar-refractivity contribution in [1.82, 2.24) is 15.0 Å². The summed E-state index contributed by atoms with van der Waals surface area (Å²) in [5.74, 6) is -0.828. The predicted molar refractivity (Wildman–Crippen MR) is 95.4 cm³/mol.